The van der Waals surface area contributed by atoms with Crippen molar-refractivity contribution in [2.75, 3.05) is 13.1 Å². The summed E-state index contributed by atoms with van der Waals surface area (Å²) in [4.78, 5) is 14.7. The van der Waals surface area contributed by atoms with Crippen LogP contribution in [0.2, 0.25) is 4.34 Å². The van der Waals surface area contributed by atoms with Gasteiger partial charge in [0.1, 0.15) is 0 Å². The molecule has 0 aliphatic carbocycles. The molecule has 1 aromatic heterocycles. The number of thiophene rings is 1. The molecule has 2 nitrogen and oxygen atoms in total. The van der Waals surface area contributed by atoms with Crippen LogP contribution in [0.1, 0.15) is 29.4 Å². The average Bonchev–Trinajstić information content (AvgIpc) is 2.65. The van der Waals surface area contributed by atoms with Gasteiger partial charge in [-0.2, -0.15) is 0 Å². The van der Waals surface area contributed by atoms with E-state index in [2.05, 4.69) is 6.92 Å². The molecule has 0 atom stereocenters. The van der Waals surface area contributed by atoms with Crippen molar-refractivity contribution in [3.63, 3.8) is 0 Å². The van der Waals surface area contributed by atoms with Crippen LogP contribution in [-0.2, 0) is 0 Å². The first-order valence-electron chi connectivity index (χ1n) is 5.21. The normalized spacial score (nSPS) is 18.1. The van der Waals surface area contributed by atoms with E-state index in [1.54, 1.807) is 6.07 Å². The summed E-state index contributed by atoms with van der Waals surface area (Å²) < 4.78 is 0.684. The molecule has 0 radical (unpaired) electrons. The minimum Gasteiger partial charge on any atom is -0.338 e. The summed E-state index contributed by atoms with van der Waals surface area (Å²) in [6.45, 7) is 4.01. The molecule has 0 unspecified atom stereocenters. The third-order valence-corrected chi connectivity index (χ3v) is 4.07. The molecule has 2 heterocycles. The highest BCUT2D eigenvalue weighted by atomic mass is 35.5. The van der Waals surface area contributed by atoms with Gasteiger partial charge in [-0.1, -0.05) is 18.5 Å². The number of amides is 1. The lowest BCUT2D eigenvalue weighted by Gasteiger charge is -2.29. The number of hydrogen-bond donors (Lipinski definition) is 0. The lowest BCUT2D eigenvalue weighted by atomic mass is 9.99. The Balaban J connectivity index is 2.02. The summed E-state index contributed by atoms with van der Waals surface area (Å²) in [6, 6.07) is 3.60. The molecule has 4 heteroatoms. The fraction of sp³-hybridized carbons (Fsp3) is 0.545. The average molecular weight is 244 g/mol. The lowest BCUT2D eigenvalue weighted by molar-refractivity contribution is 0.0702. The standard InChI is InChI=1S/C11H14ClNOS/c1-8-4-6-13(7-5-8)11(14)9-2-3-10(12)15-9/h2-3,8H,4-7H2,1H3. The van der Waals surface area contributed by atoms with E-state index in [4.69, 9.17) is 11.6 Å². The number of rotatable bonds is 1. The largest absolute Gasteiger partial charge is 0.338 e. The maximum Gasteiger partial charge on any atom is 0.263 e. The Morgan fingerprint density at radius 1 is 1.47 bits per heavy atom. The zero-order valence-corrected chi connectivity index (χ0v) is 10.3. The van der Waals surface area contributed by atoms with Crippen LogP contribution in [0.15, 0.2) is 12.1 Å². The number of piperidine rings is 1. The number of likely N-dealkylation sites (tertiary alicyclic amines) is 1. The van der Waals surface area contributed by atoms with Gasteiger partial charge in [-0.15, -0.1) is 11.3 Å². The number of halogens is 1. The van der Waals surface area contributed by atoms with E-state index in [1.165, 1.54) is 11.3 Å². The Morgan fingerprint density at radius 3 is 2.67 bits per heavy atom. The zero-order chi connectivity index (χ0) is 10.8. The second-order valence-electron chi connectivity index (χ2n) is 4.08. The molecule has 2 rings (SSSR count). The molecule has 1 amide bonds. The monoisotopic (exact) mass is 243 g/mol. The second kappa shape index (κ2) is 4.54. The van der Waals surface area contributed by atoms with Crippen LogP contribution in [0.3, 0.4) is 0 Å². The molecule has 1 fully saturated rings. The first kappa shape index (κ1) is 11.0. The molecule has 0 saturated carbocycles. The summed E-state index contributed by atoms with van der Waals surface area (Å²) in [5.41, 5.74) is 0. The molecule has 1 aliphatic heterocycles. The van der Waals surface area contributed by atoms with E-state index >= 15 is 0 Å². The van der Waals surface area contributed by atoms with Crippen molar-refractivity contribution in [3.8, 4) is 0 Å². The Kier molecular flexibility index (Phi) is 3.32. The molecule has 1 aromatic rings. The van der Waals surface area contributed by atoms with Gasteiger partial charge in [0, 0.05) is 13.1 Å². The quantitative estimate of drug-likeness (QED) is 0.741. The highest BCUT2D eigenvalue weighted by molar-refractivity contribution is 7.17. The van der Waals surface area contributed by atoms with Gasteiger partial charge in [0.2, 0.25) is 0 Å². The van der Waals surface area contributed by atoms with Gasteiger partial charge in [-0.3, -0.25) is 4.79 Å². The van der Waals surface area contributed by atoms with E-state index in [9.17, 15) is 4.79 Å². The number of hydrogen-bond acceptors (Lipinski definition) is 2. The predicted octanol–water partition coefficient (Wildman–Crippen LogP) is 3.27. The van der Waals surface area contributed by atoms with Gasteiger partial charge in [0.25, 0.3) is 5.91 Å². The molecule has 1 saturated heterocycles. The van der Waals surface area contributed by atoms with Gasteiger partial charge >= 0.3 is 0 Å². The second-order valence-corrected chi connectivity index (χ2v) is 5.79. The summed E-state index contributed by atoms with van der Waals surface area (Å²) >= 11 is 7.18. The molecular weight excluding hydrogens is 230 g/mol. The maximum atomic E-state index is 12.0. The van der Waals surface area contributed by atoms with Crippen LogP contribution in [0.5, 0.6) is 0 Å². The summed E-state index contributed by atoms with van der Waals surface area (Å²) in [5, 5.41) is 0. The van der Waals surface area contributed by atoms with Crippen molar-refractivity contribution < 1.29 is 4.79 Å². The van der Waals surface area contributed by atoms with Crippen LogP contribution in [0, 0.1) is 5.92 Å². The summed E-state index contributed by atoms with van der Waals surface area (Å²) in [6.07, 6.45) is 2.23. The number of carbonyl (C=O) groups is 1. The van der Waals surface area contributed by atoms with Crippen LogP contribution in [0.25, 0.3) is 0 Å². The van der Waals surface area contributed by atoms with Crippen molar-refractivity contribution in [1.29, 1.82) is 0 Å². The van der Waals surface area contributed by atoms with Crippen molar-refractivity contribution >= 4 is 28.8 Å². The van der Waals surface area contributed by atoms with E-state index < -0.39 is 0 Å². The Hall–Kier alpha value is -0.540. The Labute approximate surface area is 98.8 Å². The lowest BCUT2D eigenvalue weighted by Crippen LogP contribution is -2.37. The first-order chi connectivity index (χ1) is 7.16. The van der Waals surface area contributed by atoms with Crippen LogP contribution in [-0.4, -0.2) is 23.9 Å². The van der Waals surface area contributed by atoms with E-state index in [-0.39, 0.29) is 5.91 Å². The number of nitrogens with zero attached hydrogens (tertiary/aromatic N) is 1. The zero-order valence-electron chi connectivity index (χ0n) is 8.70. The van der Waals surface area contributed by atoms with Crippen LogP contribution < -0.4 is 0 Å². The smallest absolute Gasteiger partial charge is 0.263 e. The third-order valence-electron chi connectivity index (χ3n) is 2.85. The minimum atomic E-state index is 0.138. The highest BCUT2D eigenvalue weighted by Crippen LogP contribution is 2.24. The molecular formula is C11H14ClNOS. The van der Waals surface area contributed by atoms with Crippen LogP contribution in [0.4, 0.5) is 0 Å². The van der Waals surface area contributed by atoms with Crippen LogP contribution >= 0.6 is 22.9 Å². The van der Waals surface area contributed by atoms with Crippen molar-refractivity contribution in [2.45, 2.75) is 19.8 Å². The van der Waals surface area contributed by atoms with Gasteiger partial charge in [0.05, 0.1) is 9.21 Å². The first-order valence-corrected chi connectivity index (χ1v) is 6.41. The summed E-state index contributed by atoms with van der Waals surface area (Å²) in [7, 11) is 0. The molecule has 0 aromatic carbocycles. The number of carbonyl (C=O) groups excluding carboxylic acids is 1. The van der Waals surface area contributed by atoms with Crippen molar-refractivity contribution in [1.82, 2.24) is 4.90 Å². The van der Waals surface area contributed by atoms with Gasteiger partial charge in [0.15, 0.2) is 0 Å². The minimum absolute atomic E-state index is 0.138. The molecule has 0 N–H and O–H groups in total. The maximum absolute atomic E-state index is 12.0. The Bertz CT molecular complexity index is 355. The molecule has 1 aliphatic rings. The molecule has 15 heavy (non-hydrogen) atoms. The predicted molar refractivity (Wildman–Crippen MR) is 63.6 cm³/mol. The fourth-order valence-electron chi connectivity index (χ4n) is 1.80. The molecule has 0 bridgehead atoms. The van der Waals surface area contributed by atoms with Crippen molar-refractivity contribution in [3.05, 3.63) is 21.3 Å². The van der Waals surface area contributed by atoms with Gasteiger partial charge < -0.3 is 4.90 Å². The van der Waals surface area contributed by atoms with E-state index in [0.717, 1.165) is 36.7 Å². The van der Waals surface area contributed by atoms with E-state index in [0.29, 0.717) is 4.34 Å². The highest BCUT2D eigenvalue weighted by Gasteiger charge is 2.22. The van der Waals surface area contributed by atoms with E-state index in [1.807, 2.05) is 11.0 Å². The molecule has 82 valence electrons. The third kappa shape index (κ3) is 2.52. The summed E-state index contributed by atoms with van der Waals surface area (Å²) in [5.74, 6) is 0.889. The van der Waals surface area contributed by atoms with Gasteiger partial charge in [-0.05, 0) is 30.9 Å². The van der Waals surface area contributed by atoms with Gasteiger partial charge in [-0.25, -0.2) is 0 Å². The topological polar surface area (TPSA) is 20.3 Å². The Morgan fingerprint density at radius 2 is 2.13 bits per heavy atom. The SMILES string of the molecule is CC1CCN(C(=O)c2ccc(Cl)s2)CC1. The molecule has 0 spiro atoms. The van der Waals surface area contributed by atoms with Crippen molar-refractivity contribution in [2.24, 2.45) is 5.92 Å². The fourth-order valence-corrected chi connectivity index (χ4v) is 2.81.